The average Bonchev–Trinajstić information content (AvgIpc) is 2.28. The topological polar surface area (TPSA) is 37.4 Å². The van der Waals surface area contributed by atoms with Gasteiger partial charge in [-0.3, -0.25) is 0 Å². The number of rotatable bonds is 2. The molecule has 1 aliphatic rings. The monoisotopic (exact) mass is 267 g/mol. The van der Waals surface area contributed by atoms with Crippen molar-refractivity contribution in [2.24, 2.45) is 5.41 Å². The molecule has 18 heavy (non-hydrogen) atoms. The van der Waals surface area contributed by atoms with Gasteiger partial charge < -0.3 is 0 Å². The first kappa shape index (κ1) is 13.6. The van der Waals surface area contributed by atoms with Gasteiger partial charge in [0.1, 0.15) is 0 Å². The predicted molar refractivity (Wildman–Crippen MR) is 73.0 cm³/mol. The summed E-state index contributed by atoms with van der Waals surface area (Å²) in [6, 6.07) is 7.20. The molecule has 3 nitrogen and oxygen atoms in total. The van der Waals surface area contributed by atoms with Crippen molar-refractivity contribution in [2.45, 2.75) is 38.5 Å². The van der Waals surface area contributed by atoms with E-state index in [-0.39, 0.29) is 5.41 Å². The third-order valence-corrected chi connectivity index (χ3v) is 5.85. The molecule has 0 amide bonds. The van der Waals surface area contributed by atoms with Gasteiger partial charge in [-0.25, -0.2) is 8.42 Å². The van der Waals surface area contributed by atoms with Crippen LogP contribution in [0.3, 0.4) is 0 Å². The summed E-state index contributed by atoms with van der Waals surface area (Å²) in [5, 5.41) is 0. The maximum absolute atomic E-state index is 12.5. The first-order chi connectivity index (χ1) is 8.33. The molecule has 1 saturated heterocycles. The molecule has 2 rings (SSSR count). The highest BCUT2D eigenvalue weighted by Gasteiger charge is 2.33. The van der Waals surface area contributed by atoms with E-state index in [0.717, 1.165) is 18.4 Å². The van der Waals surface area contributed by atoms with E-state index in [2.05, 4.69) is 13.8 Å². The van der Waals surface area contributed by atoms with Crippen LogP contribution >= 0.6 is 0 Å². The average molecular weight is 267 g/mol. The van der Waals surface area contributed by atoms with Gasteiger partial charge >= 0.3 is 0 Å². The van der Waals surface area contributed by atoms with Gasteiger partial charge in [-0.05, 0) is 36.8 Å². The fraction of sp³-hybridized carbons (Fsp3) is 0.571. The Bertz CT molecular complexity index is 524. The van der Waals surface area contributed by atoms with E-state index in [9.17, 15) is 8.42 Å². The third-order valence-electron chi connectivity index (χ3n) is 3.79. The van der Waals surface area contributed by atoms with Crippen LogP contribution in [0.25, 0.3) is 0 Å². The molecule has 0 aliphatic carbocycles. The minimum Gasteiger partial charge on any atom is -0.207 e. The molecule has 1 aromatic carbocycles. The normalized spacial score (nSPS) is 20.8. The Balaban J connectivity index is 2.26. The van der Waals surface area contributed by atoms with Crippen molar-refractivity contribution < 1.29 is 8.42 Å². The maximum atomic E-state index is 12.5. The van der Waals surface area contributed by atoms with Crippen LogP contribution < -0.4 is 0 Å². The molecular formula is C14H21NO2S. The SMILES string of the molecule is Cc1ccccc1S(=O)(=O)N1CCC(C)(C)CC1. The zero-order chi connectivity index (χ0) is 13.4. The van der Waals surface area contributed by atoms with Crippen LogP contribution in [0.5, 0.6) is 0 Å². The molecule has 0 aromatic heterocycles. The lowest BCUT2D eigenvalue weighted by Gasteiger charge is -2.36. The zero-order valence-corrected chi connectivity index (χ0v) is 12.1. The lowest BCUT2D eigenvalue weighted by atomic mass is 9.83. The quantitative estimate of drug-likeness (QED) is 0.826. The predicted octanol–water partition coefficient (Wildman–Crippen LogP) is 2.81. The number of aryl methyl sites for hydroxylation is 1. The Hall–Kier alpha value is -0.870. The molecule has 0 radical (unpaired) electrons. The van der Waals surface area contributed by atoms with Gasteiger partial charge in [0, 0.05) is 13.1 Å². The summed E-state index contributed by atoms with van der Waals surface area (Å²) in [5.41, 5.74) is 1.08. The van der Waals surface area contributed by atoms with Gasteiger partial charge in [-0.1, -0.05) is 32.0 Å². The number of hydrogen-bond acceptors (Lipinski definition) is 2. The van der Waals surface area contributed by atoms with E-state index in [1.54, 1.807) is 16.4 Å². The Morgan fingerprint density at radius 2 is 1.67 bits per heavy atom. The van der Waals surface area contributed by atoms with Crippen molar-refractivity contribution in [3.05, 3.63) is 29.8 Å². The van der Waals surface area contributed by atoms with Crippen molar-refractivity contribution >= 4 is 10.0 Å². The van der Waals surface area contributed by atoms with Crippen molar-refractivity contribution in [3.63, 3.8) is 0 Å². The molecule has 1 aliphatic heterocycles. The summed E-state index contributed by atoms with van der Waals surface area (Å²) < 4.78 is 26.7. The van der Waals surface area contributed by atoms with Crippen LogP contribution in [0.2, 0.25) is 0 Å². The standard InChI is InChI=1S/C14H21NO2S/c1-12-6-4-5-7-13(12)18(16,17)15-10-8-14(2,3)9-11-15/h4-7H,8-11H2,1-3H3. The summed E-state index contributed by atoms with van der Waals surface area (Å²) >= 11 is 0. The first-order valence-electron chi connectivity index (χ1n) is 6.39. The van der Waals surface area contributed by atoms with Crippen LogP contribution in [-0.2, 0) is 10.0 Å². The minimum absolute atomic E-state index is 0.262. The van der Waals surface area contributed by atoms with E-state index in [1.165, 1.54) is 0 Å². The van der Waals surface area contributed by atoms with E-state index in [4.69, 9.17) is 0 Å². The Morgan fingerprint density at radius 3 is 2.22 bits per heavy atom. The number of hydrogen-bond donors (Lipinski definition) is 0. The number of benzene rings is 1. The second kappa shape index (κ2) is 4.67. The number of nitrogens with zero attached hydrogens (tertiary/aromatic N) is 1. The van der Waals surface area contributed by atoms with Crippen molar-refractivity contribution in [2.75, 3.05) is 13.1 Å². The highest BCUT2D eigenvalue weighted by molar-refractivity contribution is 7.89. The molecule has 1 heterocycles. The summed E-state index contributed by atoms with van der Waals surface area (Å²) in [6.45, 7) is 7.50. The van der Waals surface area contributed by atoms with E-state index in [1.807, 2.05) is 19.1 Å². The molecule has 1 aromatic rings. The largest absolute Gasteiger partial charge is 0.243 e. The Morgan fingerprint density at radius 1 is 1.11 bits per heavy atom. The molecule has 0 spiro atoms. The van der Waals surface area contributed by atoms with Crippen LogP contribution in [-0.4, -0.2) is 25.8 Å². The fourth-order valence-electron chi connectivity index (χ4n) is 2.32. The smallest absolute Gasteiger partial charge is 0.207 e. The number of sulfonamides is 1. The summed E-state index contributed by atoms with van der Waals surface area (Å²) in [6.07, 6.45) is 1.86. The van der Waals surface area contributed by atoms with Gasteiger partial charge in [0.25, 0.3) is 0 Å². The highest BCUT2D eigenvalue weighted by atomic mass is 32.2. The van der Waals surface area contributed by atoms with Gasteiger partial charge in [0.2, 0.25) is 10.0 Å². The first-order valence-corrected chi connectivity index (χ1v) is 7.83. The molecule has 0 saturated carbocycles. The van der Waals surface area contributed by atoms with Crippen LogP contribution in [0.4, 0.5) is 0 Å². The number of piperidine rings is 1. The summed E-state index contributed by atoms with van der Waals surface area (Å²) in [4.78, 5) is 0.449. The summed E-state index contributed by atoms with van der Waals surface area (Å²) in [7, 11) is -3.31. The van der Waals surface area contributed by atoms with Gasteiger partial charge in [-0.15, -0.1) is 0 Å². The van der Waals surface area contributed by atoms with Crippen molar-refractivity contribution in [1.29, 1.82) is 0 Å². The maximum Gasteiger partial charge on any atom is 0.243 e. The van der Waals surface area contributed by atoms with Crippen molar-refractivity contribution in [1.82, 2.24) is 4.31 Å². The third kappa shape index (κ3) is 2.59. The van der Waals surface area contributed by atoms with Gasteiger partial charge in [0.15, 0.2) is 0 Å². The van der Waals surface area contributed by atoms with Crippen LogP contribution in [0.1, 0.15) is 32.3 Å². The second-order valence-corrected chi connectivity index (χ2v) is 7.74. The molecule has 0 N–H and O–H groups in total. The minimum atomic E-state index is -3.31. The van der Waals surface area contributed by atoms with Crippen LogP contribution in [0, 0.1) is 12.3 Å². The van der Waals surface area contributed by atoms with Crippen LogP contribution in [0.15, 0.2) is 29.2 Å². The molecule has 0 bridgehead atoms. The lowest BCUT2D eigenvalue weighted by Crippen LogP contribution is -2.41. The Labute approximate surface area is 110 Å². The lowest BCUT2D eigenvalue weighted by molar-refractivity contribution is 0.196. The molecular weight excluding hydrogens is 246 g/mol. The molecule has 0 unspecified atom stereocenters. The molecule has 100 valence electrons. The van der Waals surface area contributed by atoms with E-state index >= 15 is 0 Å². The van der Waals surface area contributed by atoms with Gasteiger partial charge in [-0.2, -0.15) is 4.31 Å². The Kier molecular flexibility index (Phi) is 3.52. The van der Waals surface area contributed by atoms with E-state index < -0.39 is 10.0 Å². The molecule has 4 heteroatoms. The fourth-order valence-corrected chi connectivity index (χ4v) is 3.98. The van der Waals surface area contributed by atoms with E-state index in [0.29, 0.717) is 18.0 Å². The van der Waals surface area contributed by atoms with Gasteiger partial charge in [0.05, 0.1) is 4.90 Å². The zero-order valence-electron chi connectivity index (χ0n) is 11.3. The molecule has 1 fully saturated rings. The molecule has 0 atom stereocenters. The highest BCUT2D eigenvalue weighted by Crippen LogP contribution is 2.32. The second-order valence-electron chi connectivity index (χ2n) is 5.83. The van der Waals surface area contributed by atoms with Crippen molar-refractivity contribution in [3.8, 4) is 0 Å². The summed E-state index contributed by atoms with van der Waals surface area (Å²) in [5.74, 6) is 0.